The topological polar surface area (TPSA) is 15.3 Å². The lowest BCUT2D eigenvalue weighted by molar-refractivity contribution is 0.416. The molecule has 2 heterocycles. The minimum atomic E-state index is 0.0973. The number of nitrogens with zero attached hydrogens (tertiary/aromatic N) is 1. The van der Waals surface area contributed by atoms with E-state index in [1.54, 1.807) is 0 Å². The number of hydrogen-bond donors (Lipinski definition) is 1. The van der Waals surface area contributed by atoms with Crippen molar-refractivity contribution in [1.29, 1.82) is 0 Å². The van der Waals surface area contributed by atoms with Crippen molar-refractivity contribution in [3.8, 4) is 0 Å². The maximum Gasteiger partial charge on any atom is 0.135 e. The van der Waals surface area contributed by atoms with Crippen molar-refractivity contribution >= 4 is 11.6 Å². The molecule has 3 aliphatic rings. The molecule has 0 amide bonds. The molecule has 0 fully saturated rings. The first-order valence-electron chi connectivity index (χ1n) is 6.99. The number of fused-ring (bicyclic) bond motifs is 1. The van der Waals surface area contributed by atoms with E-state index >= 15 is 0 Å². The molecule has 1 aliphatic carbocycles. The van der Waals surface area contributed by atoms with Gasteiger partial charge in [0.15, 0.2) is 0 Å². The van der Waals surface area contributed by atoms with Gasteiger partial charge in [0.1, 0.15) is 11.3 Å². The summed E-state index contributed by atoms with van der Waals surface area (Å²) in [5.74, 6) is 0. The van der Waals surface area contributed by atoms with Crippen LogP contribution in [0.3, 0.4) is 0 Å². The molecule has 106 valence electrons. The molecule has 1 N–H and O–H groups in total. The molecule has 1 unspecified atom stereocenters. The van der Waals surface area contributed by atoms with E-state index < -0.39 is 0 Å². The fourth-order valence-electron chi connectivity index (χ4n) is 2.56. The molecule has 2 aliphatic heterocycles. The Labute approximate surface area is 130 Å². The second-order valence-corrected chi connectivity index (χ2v) is 5.40. The van der Waals surface area contributed by atoms with E-state index in [0.717, 1.165) is 22.0 Å². The van der Waals surface area contributed by atoms with Gasteiger partial charge in [-0.15, -0.1) is 5.73 Å². The maximum absolute atomic E-state index is 6.53. The largest absolute Gasteiger partial charge is 0.359 e. The zero-order valence-electron chi connectivity index (χ0n) is 12.1. The van der Waals surface area contributed by atoms with Crippen LogP contribution in [-0.2, 0) is 0 Å². The van der Waals surface area contributed by atoms with Crippen molar-refractivity contribution in [3.63, 3.8) is 0 Å². The molecule has 0 spiro atoms. The molecule has 2 nitrogen and oxygen atoms in total. The van der Waals surface area contributed by atoms with Crippen LogP contribution in [0.25, 0.3) is 0 Å². The van der Waals surface area contributed by atoms with E-state index in [4.69, 9.17) is 11.6 Å². The van der Waals surface area contributed by atoms with Crippen LogP contribution in [0.4, 0.5) is 0 Å². The fourth-order valence-corrected chi connectivity index (χ4v) is 2.87. The molecule has 0 aromatic heterocycles. The summed E-state index contributed by atoms with van der Waals surface area (Å²) in [7, 11) is 0. The van der Waals surface area contributed by atoms with Gasteiger partial charge in [-0.05, 0) is 49.3 Å². The van der Waals surface area contributed by atoms with Gasteiger partial charge in [0, 0.05) is 11.8 Å². The molecule has 0 radical (unpaired) electrons. The summed E-state index contributed by atoms with van der Waals surface area (Å²) in [6.45, 7) is 4.11. The molecule has 0 saturated heterocycles. The van der Waals surface area contributed by atoms with Crippen LogP contribution in [0, 0.1) is 0 Å². The van der Waals surface area contributed by atoms with Gasteiger partial charge >= 0.3 is 0 Å². The maximum atomic E-state index is 6.53. The van der Waals surface area contributed by atoms with Gasteiger partial charge in [-0.3, -0.25) is 0 Å². The Hall–Kier alpha value is -2.15. The summed E-state index contributed by atoms with van der Waals surface area (Å²) in [6, 6.07) is 0. The van der Waals surface area contributed by atoms with E-state index in [1.807, 2.05) is 54.5 Å². The molecule has 21 heavy (non-hydrogen) atoms. The highest BCUT2D eigenvalue weighted by Gasteiger charge is 2.30. The van der Waals surface area contributed by atoms with Crippen LogP contribution in [0.1, 0.15) is 13.8 Å². The first kappa shape index (κ1) is 13.8. The van der Waals surface area contributed by atoms with Gasteiger partial charge in [-0.1, -0.05) is 35.9 Å². The molecule has 3 rings (SSSR count). The smallest absolute Gasteiger partial charge is 0.135 e. The van der Waals surface area contributed by atoms with Gasteiger partial charge < -0.3 is 10.2 Å². The van der Waals surface area contributed by atoms with Crippen molar-refractivity contribution in [2.24, 2.45) is 0 Å². The van der Waals surface area contributed by atoms with E-state index in [-0.39, 0.29) is 6.17 Å². The lowest BCUT2D eigenvalue weighted by atomic mass is 10.0. The van der Waals surface area contributed by atoms with Crippen molar-refractivity contribution in [2.75, 3.05) is 0 Å². The first-order valence-corrected chi connectivity index (χ1v) is 7.37. The molecule has 0 aromatic rings. The Morgan fingerprint density at radius 3 is 3.00 bits per heavy atom. The van der Waals surface area contributed by atoms with Crippen molar-refractivity contribution in [2.45, 2.75) is 20.0 Å². The Morgan fingerprint density at radius 1 is 1.38 bits per heavy atom. The number of nitrogens with one attached hydrogen (secondary N) is 1. The summed E-state index contributed by atoms with van der Waals surface area (Å²) in [5.41, 5.74) is 7.58. The lowest BCUT2D eigenvalue weighted by Gasteiger charge is -2.22. The number of halogens is 1. The quantitative estimate of drug-likeness (QED) is 0.476. The highest BCUT2D eigenvalue weighted by atomic mass is 35.5. The second-order valence-electron chi connectivity index (χ2n) is 5.05. The summed E-state index contributed by atoms with van der Waals surface area (Å²) in [5, 5.41) is 4.19. The van der Waals surface area contributed by atoms with Crippen molar-refractivity contribution in [1.82, 2.24) is 10.2 Å². The van der Waals surface area contributed by atoms with Crippen LogP contribution in [0.5, 0.6) is 0 Å². The summed E-state index contributed by atoms with van der Waals surface area (Å²) >= 11 is 6.53. The van der Waals surface area contributed by atoms with E-state index in [9.17, 15) is 0 Å². The molecular formula is C18H17ClN2. The molecule has 0 saturated carbocycles. The molecular weight excluding hydrogens is 280 g/mol. The lowest BCUT2D eigenvalue weighted by Crippen LogP contribution is -2.32. The van der Waals surface area contributed by atoms with Gasteiger partial charge in [-0.2, -0.15) is 0 Å². The van der Waals surface area contributed by atoms with Crippen LogP contribution < -0.4 is 5.32 Å². The normalized spacial score (nSPS) is 23.9. The zero-order valence-corrected chi connectivity index (χ0v) is 12.9. The Morgan fingerprint density at radius 2 is 2.24 bits per heavy atom. The summed E-state index contributed by atoms with van der Waals surface area (Å²) in [4.78, 5) is 2.03. The van der Waals surface area contributed by atoms with Crippen LogP contribution in [-0.4, -0.2) is 11.1 Å². The molecule has 0 bridgehead atoms. The standard InChI is InChI=1S/C18H17ClN2/c1-3-4-8-13(2)14-9-7-10-15(14)17-18(19)21-12-6-5-11-16(21)20-17/h3-6,8-12,16,20H,1-2H3/b4-3-,13-8+. The van der Waals surface area contributed by atoms with Gasteiger partial charge in [0.05, 0.1) is 5.70 Å². The van der Waals surface area contributed by atoms with Gasteiger partial charge in [-0.25, -0.2) is 0 Å². The van der Waals surface area contributed by atoms with E-state index in [0.29, 0.717) is 0 Å². The third kappa shape index (κ3) is 2.44. The Bertz CT molecular complexity index is 708. The SMILES string of the molecule is C/C=C\C=C(/C)C1=C(C2=C(Cl)N3C=CC=CC3N2)C=C=C1. The monoisotopic (exact) mass is 296 g/mol. The van der Waals surface area contributed by atoms with Gasteiger partial charge in [0.2, 0.25) is 0 Å². The van der Waals surface area contributed by atoms with Crippen LogP contribution in [0.15, 0.2) is 88.1 Å². The first-order chi connectivity index (χ1) is 10.2. The minimum absolute atomic E-state index is 0.0973. The van der Waals surface area contributed by atoms with Crippen molar-refractivity contribution in [3.05, 3.63) is 88.1 Å². The minimum Gasteiger partial charge on any atom is -0.359 e. The molecule has 0 aromatic carbocycles. The van der Waals surface area contributed by atoms with Gasteiger partial charge in [0.25, 0.3) is 0 Å². The summed E-state index contributed by atoms with van der Waals surface area (Å²) in [6.07, 6.45) is 18.3. The average molecular weight is 297 g/mol. The van der Waals surface area contributed by atoms with Crippen LogP contribution >= 0.6 is 11.6 Å². The third-order valence-electron chi connectivity index (χ3n) is 3.65. The fraction of sp³-hybridized carbons (Fsp3) is 0.167. The third-order valence-corrected chi connectivity index (χ3v) is 4.04. The average Bonchev–Trinajstić information content (AvgIpc) is 3.10. The molecule has 3 heteroatoms. The summed E-state index contributed by atoms with van der Waals surface area (Å²) < 4.78 is 0. The predicted octanol–water partition coefficient (Wildman–Crippen LogP) is 4.25. The number of hydrogen-bond acceptors (Lipinski definition) is 2. The number of allylic oxidation sites excluding steroid dienone is 8. The van der Waals surface area contributed by atoms with Crippen LogP contribution in [0.2, 0.25) is 0 Å². The Kier molecular flexibility index (Phi) is 3.74. The Balaban J connectivity index is 1.99. The van der Waals surface area contributed by atoms with E-state index in [2.05, 4.69) is 30.1 Å². The predicted molar refractivity (Wildman–Crippen MR) is 88.2 cm³/mol. The molecule has 1 atom stereocenters. The highest BCUT2D eigenvalue weighted by Crippen LogP contribution is 2.35. The second kappa shape index (κ2) is 5.69. The zero-order chi connectivity index (χ0) is 14.8. The highest BCUT2D eigenvalue weighted by molar-refractivity contribution is 6.30. The van der Waals surface area contributed by atoms with E-state index in [1.165, 1.54) is 5.57 Å². The number of rotatable bonds is 3. The van der Waals surface area contributed by atoms with Crippen molar-refractivity contribution < 1.29 is 0 Å².